The highest BCUT2D eigenvalue weighted by molar-refractivity contribution is 6.29. The van der Waals surface area contributed by atoms with Gasteiger partial charge in [0.05, 0.1) is 18.8 Å². The summed E-state index contributed by atoms with van der Waals surface area (Å²) in [6.45, 7) is 11.2. The van der Waals surface area contributed by atoms with Crippen molar-refractivity contribution in [2.45, 2.75) is 27.3 Å². The maximum atomic E-state index is 5.71. The van der Waals surface area contributed by atoms with Crippen LogP contribution in [-0.2, 0) is 6.54 Å². The Morgan fingerprint density at radius 2 is 2.17 bits per heavy atom. The van der Waals surface area contributed by atoms with E-state index in [0.29, 0.717) is 24.1 Å². The molecule has 0 aliphatic rings. The molecule has 0 aliphatic heterocycles. The number of nitrogens with zero attached hydrogens (tertiary/aromatic N) is 2. The maximum absolute atomic E-state index is 5.71. The van der Waals surface area contributed by atoms with Crippen LogP contribution in [0.1, 0.15) is 23.9 Å². The van der Waals surface area contributed by atoms with Crippen molar-refractivity contribution < 1.29 is 4.52 Å². The minimum absolute atomic E-state index is 0.481. The third-order valence-corrected chi connectivity index (χ3v) is 2.50. The van der Waals surface area contributed by atoms with E-state index in [4.69, 9.17) is 16.1 Å². The molecule has 1 aromatic rings. The van der Waals surface area contributed by atoms with Gasteiger partial charge in [-0.15, -0.1) is 0 Å². The van der Waals surface area contributed by atoms with E-state index in [1.165, 1.54) is 0 Å². The fourth-order valence-corrected chi connectivity index (χ4v) is 1.47. The summed E-state index contributed by atoms with van der Waals surface area (Å²) in [7, 11) is 0. The van der Waals surface area contributed by atoms with Gasteiger partial charge in [-0.2, -0.15) is 0 Å². The van der Waals surface area contributed by atoms with E-state index in [-0.39, 0.29) is 0 Å². The van der Waals surface area contributed by atoms with Crippen LogP contribution in [0.15, 0.2) is 21.1 Å². The van der Waals surface area contributed by atoms with Crippen molar-refractivity contribution >= 4 is 17.6 Å². The summed E-state index contributed by atoms with van der Waals surface area (Å²) in [5.74, 6) is 1.49. The molecule has 18 heavy (non-hydrogen) atoms. The normalized spacial score (nSPS) is 11.4. The highest BCUT2D eigenvalue weighted by Crippen LogP contribution is 2.12. The number of aromatic nitrogens is 1. The molecule has 0 saturated carbocycles. The average molecular weight is 271 g/mol. The largest absolute Gasteiger partial charge is 0.361 e. The molecule has 1 aromatic heterocycles. The summed E-state index contributed by atoms with van der Waals surface area (Å²) in [5, 5.41) is 10.6. The predicted molar refractivity (Wildman–Crippen MR) is 73.8 cm³/mol. The van der Waals surface area contributed by atoms with Crippen LogP contribution in [-0.4, -0.2) is 24.2 Å². The Balaban J connectivity index is 2.67. The monoisotopic (exact) mass is 270 g/mol. The highest BCUT2D eigenvalue weighted by atomic mass is 35.5. The van der Waals surface area contributed by atoms with Gasteiger partial charge in [-0.25, -0.2) is 4.99 Å². The first-order chi connectivity index (χ1) is 8.54. The number of aryl methyl sites for hydroxylation is 2. The van der Waals surface area contributed by atoms with Crippen molar-refractivity contribution in [3.05, 3.63) is 28.6 Å². The lowest BCUT2D eigenvalue weighted by atomic mass is 10.2. The molecule has 0 unspecified atom stereocenters. The zero-order valence-electron chi connectivity index (χ0n) is 11.0. The Bertz CT molecular complexity index is 420. The molecule has 5 nitrogen and oxygen atoms in total. The molecule has 0 bridgehead atoms. The molecule has 1 rings (SSSR count). The lowest BCUT2D eigenvalue weighted by molar-refractivity contribution is 0.392. The summed E-state index contributed by atoms with van der Waals surface area (Å²) >= 11 is 5.71. The lowest BCUT2D eigenvalue weighted by Gasteiger charge is -2.10. The van der Waals surface area contributed by atoms with E-state index >= 15 is 0 Å². The number of rotatable bonds is 5. The van der Waals surface area contributed by atoms with Crippen LogP contribution in [0, 0.1) is 13.8 Å². The van der Waals surface area contributed by atoms with Crippen LogP contribution >= 0.6 is 11.6 Å². The van der Waals surface area contributed by atoms with E-state index in [9.17, 15) is 0 Å². The van der Waals surface area contributed by atoms with E-state index < -0.39 is 0 Å². The zero-order valence-corrected chi connectivity index (χ0v) is 11.8. The Labute approximate surface area is 112 Å². The van der Waals surface area contributed by atoms with Gasteiger partial charge in [0.2, 0.25) is 0 Å². The van der Waals surface area contributed by atoms with Crippen LogP contribution in [0.4, 0.5) is 0 Å². The molecule has 0 radical (unpaired) electrons. The summed E-state index contributed by atoms with van der Waals surface area (Å²) in [6.07, 6.45) is 0. The first kappa shape index (κ1) is 14.6. The molecule has 0 spiro atoms. The first-order valence-corrected chi connectivity index (χ1v) is 6.19. The fraction of sp³-hybridized carbons (Fsp3) is 0.500. The smallest absolute Gasteiger partial charge is 0.191 e. The Hall–Kier alpha value is -1.49. The van der Waals surface area contributed by atoms with Crippen molar-refractivity contribution in [2.24, 2.45) is 4.99 Å². The molecule has 0 atom stereocenters. The van der Waals surface area contributed by atoms with Crippen molar-refractivity contribution in [1.29, 1.82) is 0 Å². The molecule has 100 valence electrons. The predicted octanol–water partition coefficient (Wildman–Crippen LogP) is 2.10. The van der Waals surface area contributed by atoms with Gasteiger partial charge in [-0.3, -0.25) is 0 Å². The second-order valence-corrected chi connectivity index (χ2v) is 4.40. The molecule has 1 heterocycles. The Morgan fingerprint density at radius 3 is 2.67 bits per heavy atom. The quantitative estimate of drug-likeness (QED) is 0.635. The summed E-state index contributed by atoms with van der Waals surface area (Å²) < 4.78 is 5.09. The van der Waals surface area contributed by atoms with Gasteiger partial charge < -0.3 is 15.2 Å². The second kappa shape index (κ2) is 7.06. The maximum Gasteiger partial charge on any atom is 0.191 e. The second-order valence-electron chi connectivity index (χ2n) is 3.87. The number of nitrogens with one attached hydrogen (secondary N) is 2. The van der Waals surface area contributed by atoms with Crippen LogP contribution in [0.5, 0.6) is 0 Å². The molecule has 0 saturated heterocycles. The molecular formula is C12H19ClN4O. The first-order valence-electron chi connectivity index (χ1n) is 5.81. The van der Waals surface area contributed by atoms with Crippen LogP contribution in [0.25, 0.3) is 0 Å². The van der Waals surface area contributed by atoms with E-state index in [1.54, 1.807) is 0 Å². The minimum atomic E-state index is 0.481. The van der Waals surface area contributed by atoms with Gasteiger partial charge in [0.1, 0.15) is 5.76 Å². The number of guanidine groups is 1. The Kier molecular flexibility index (Phi) is 5.71. The van der Waals surface area contributed by atoms with Gasteiger partial charge in [0.15, 0.2) is 5.96 Å². The number of halogens is 1. The van der Waals surface area contributed by atoms with Gasteiger partial charge in [0, 0.05) is 17.1 Å². The van der Waals surface area contributed by atoms with Crippen molar-refractivity contribution in [1.82, 2.24) is 15.8 Å². The van der Waals surface area contributed by atoms with Gasteiger partial charge in [0.25, 0.3) is 0 Å². The van der Waals surface area contributed by atoms with E-state index in [0.717, 1.165) is 23.6 Å². The van der Waals surface area contributed by atoms with Crippen molar-refractivity contribution in [2.75, 3.05) is 13.1 Å². The number of hydrogen-bond donors (Lipinski definition) is 2. The van der Waals surface area contributed by atoms with Crippen molar-refractivity contribution in [3.8, 4) is 0 Å². The molecule has 0 aromatic carbocycles. The van der Waals surface area contributed by atoms with E-state index in [2.05, 4.69) is 27.4 Å². The molecule has 0 aliphatic carbocycles. The van der Waals surface area contributed by atoms with Gasteiger partial charge >= 0.3 is 0 Å². The summed E-state index contributed by atoms with van der Waals surface area (Å²) in [6, 6.07) is 0. The van der Waals surface area contributed by atoms with Crippen molar-refractivity contribution in [3.63, 3.8) is 0 Å². The Morgan fingerprint density at radius 1 is 1.44 bits per heavy atom. The SMILES string of the molecule is C=C(Cl)CNC(=NCc1c(C)noc1C)NCC. The molecular weight excluding hydrogens is 252 g/mol. The number of aliphatic imine (C=N–C) groups is 1. The summed E-state index contributed by atoms with van der Waals surface area (Å²) in [5.41, 5.74) is 1.88. The van der Waals surface area contributed by atoms with E-state index in [1.807, 2.05) is 20.8 Å². The third kappa shape index (κ3) is 4.41. The minimum Gasteiger partial charge on any atom is -0.361 e. The topological polar surface area (TPSA) is 62.5 Å². The molecule has 0 amide bonds. The fourth-order valence-electron chi connectivity index (χ4n) is 1.41. The third-order valence-electron chi connectivity index (χ3n) is 2.37. The van der Waals surface area contributed by atoms with Crippen LogP contribution < -0.4 is 10.6 Å². The highest BCUT2D eigenvalue weighted by Gasteiger charge is 2.08. The zero-order chi connectivity index (χ0) is 13.5. The van der Waals surface area contributed by atoms with Gasteiger partial charge in [-0.05, 0) is 20.8 Å². The molecule has 0 fully saturated rings. The molecule has 2 N–H and O–H groups in total. The van der Waals surface area contributed by atoms with Crippen LogP contribution in [0.2, 0.25) is 0 Å². The van der Waals surface area contributed by atoms with Gasteiger partial charge in [-0.1, -0.05) is 23.3 Å². The lowest BCUT2D eigenvalue weighted by Crippen LogP contribution is -2.37. The summed E-state index contributed by atoms with van der Waals surface area (Å²) in [4.78, 5) is 4.44. The standard InChI is InChI=1S/C12H19ClN4O/c1-5-14-12(15-6-8(2)13)16-7-11-9(3)17-18-10(11)4/h2,5-7H2,1,3-4H3,(H2,14,15,16). The molecule has 6 heteroatoms. The number of hydrogen-bond acceptors (Lipinski definition) is 3. The van der Waals surface area contributed by atoms with Crippen LogP contribution in [0.3, 0.4) is 0 Å². The average Bonchev–Trinajstić information content (AvgIpc) is 2.63.